The molecule has 8 nitrogen and oxygen atoms in total. The molecule has 0 fully saturated rings. The minimum absolute atomic E-state index is 0. The Kier molecular flexibility index (Phi) is 7.79. The minimum Gasteiger partial charge on any atom is -1.00 e. The topological polar surface area (TPSA) is 68.5 Å². The Morgan fingerprint density at radius 3 is 2.17 bits per heavy atom. The summed E-state index contributed by atoms with van der Waals surface area (Å²) in [6.07, 6.45) is 3.76. The van der Waals surface area contributed by atoms with Crippen LogP contribution in [0.5, 0.6) is 23.0 Å². The SMILES string of the molecule is COc1ccc2c(Cc3ccc(C(OC)(OC)OC)cc3)c3[n+](cc2c1OC)CCc1cc2c(cc1-3)OCO2.[Cl-]. The number of aromatic nitrogens is 1. The molecule has 0 amide bonds. The first-order valence-electron chi connectivity index (χ1n) is 12.8. The van der Waals surface area contributed by atoms with Crippen molar-refractivity contribution in [3.8, 4) is 34.3 Å². The van der Waals surface area contributed by atoms with E-state index in [0.29, 0.717) is 12.2 Å². The molecule has 0 atom stereocenters. The molecule has 3 aromatic carbocycles. The maximum atomic E-state index is 5.85. The maximum Gasteiger partial charge on any atom is 0.311 e. The fourth-order valence-corrected chi connectivity index (χ4v) is 5.82. The van der Waals surface area contributed by atoms with E-state index in [4.69, 9.17) is 33.2 Å². The Hall–Kier alpha value is -3.56. The molecule has 40 heavy (non-hydrogen) atoms. The summed E-state index contributed by atoms with van der Waals surface area (Å²) < 4.78 is 41.9. The number of benzene rings is 3. The highest BCUT2D eigenvalue weighted by Gasteiger charge is 2.34. The summed E-state index contributed by atoms with van der Waals surface area (Å²) >= 11 is 0. The first kappa shape index (κ1) is 28.0. The molecule has 0 radical (unpaired) electrons. The molecule has 210 valence electrons. The van der Waals surface area contributed by atoms with E-state index < -0.39 is 5.97 Å². The lowest BCUT2D eigenvalue weighted by Crippen LogP contribution is -3.00. The standard InChI is InChI=1S/C31H32NO7.ClH/c1-33-26-11-10-22-24(14-19-6-8-21(9-7-19)31(35-3,36-4)37-5)29-23-16-28-27(38-18-39-28)15-20(23)12-13-32(29)17-25(22)30(26)34-2;/h6-11,15-17H,12-14,18H2,1-5H3;1H/q+1;/p-1. The van der Waals surface area contributed by atoms with Gasteiger partial charge in [-0.1, -0.05) is 24.3 Å². The predicted molar refractivity (Wildman–Crippen MR) is 144 cm³/mol. The number of fused-ring (bicyclic) bond motifs is 5. The maximum absolute atomic E-state index is 5.85. The molecule has 0 unspecified atom stereocenters. The van der Waals surface area contributed by atoms with Gasteiger partial charge in [-0.15, -0.1) is 0 Å². The fraction of sp³-hybridized carbons (Fsp3) is 0.323. The van der Waals surface area contributed by atoms with Crippen LogP contribution < -0.4 is 35.9 Å². The van der Waals surface area contributed by atoms with Crippen LogP contribution in [0.1, 0.15) is 22.3 Å². The quantitative estimate of drug-likeness (QED) is 0.238. The van der Waals surface area contributed by atoms with E-state index >= 15 is 0 Å². The average molecular weight is 566 g/mol. The van der Waals surface area contributed by atoms with Crippen molar-refractivity contribution in [2.24, 2.45) is 0 Å². The van der Waals surface area contributed by atoms with Gasteiger partial charge in [-0.2, -0.15) is 4.57 Å². The summed E-state index contributed by atoms with van der Waals surface area (Å²) in [7, 11) is 8.03. The van der Waals surface area contributed by atoms with Crippen LogP contribution in [0, 0.1) is 0 Å². The summed E-state index contributed by atoms with van der Waals surface area (Å²) in [6, 6.07) is 16.5. The smallest absolute Gasteiger partial charge is 0.311 e. The number of methoxy groups -OCH3 is 5. The van der Waals surface area contributed by atoms with E-state index in [1.807, 2.05) is 18.2 Å². The number of halogens is 1. The van der Waals surface area contributed by atoms with Crippen molar-refractivity contribution in [1.82, 2.24) is 0 Å². The molecule has 2 aliphatic heterocycles. The Labute approximate surface area is 239 Å². The number of hydrogen-bond donors (Lipinski definition) is 0. The van der Waals surface area contributed by atoms with Gasteiger partial charge >= 0.3 is 5.97 Å². The number of pyridine rings is 1. The zero-order valence-electron chi connectivity index (χ0n) is 23.2. The van der Waals surface area contributed by atoms with E-state index in [0.717, 1.165) is 57.7 Å². The molecule has 4 aromatic rings. The van der Waals surface area contributed by atoms with E-state index in [1.54, 1.807) is 35.5 Å². The third-order valence-electron chi connectivity index (χ3n) is 7.74. The van der Waals surface area contributed by atoms with Crippen molar-refractivity contribution in [2.45, 2.75) is 25.4 Å². The molecule has 0 N–H and O–H groups in total. The molecule has 9 heteroatoms. The summed E-state index contributed by atoms with van der Waals surface area (Å²) in [5, 5.41) is 2.11. The monoisotopic (exact) mass is 565 g/mol. The summed E-state index contributed by atoms with van der Waals surface area (Å²) in [5.74, 6) is 1.77. The third kappa shape index (κ3) is 4.41. The van der Waals surface area contributed by atoms with Crippen LogP contribution in [0.4, 0.5) is 0 Å². The number of nitrogens with zero attached hydrogens (tertiary/aromatic N) is 1. The molecule has 0 bridgehead atoms. The number of ether oxygens (including phenoxy) is 7. The van der Waals surface area contributed by atoms with E-state index in [1.165, 1.54) is 16.8 Å². The Morgan fingerprint density at radius 1 is 0.825 bits per heavy atom. The Balaban J connectivity index is 0.00000323. The van der Waals surface area contributed by atoms with Gasteiger partial charge < -0.3 is 45.6 Å². The molecule has 0 aliphatic carbocycles. The Morgan fingerprint density at radius 2 is 1.52 bits per heavy atom. The van der Waals surface area contributed by atoms with Crippen molar-refractivity contribution < 1.29 is 50.1 Å². The number of aryl methyl sites for hydroxylation is 2. The van der Waals surface area contributed by atoms with Gasteiger partial charge in [0.2, 0.25) is 12.5 Å². The summed E-state index contributed by atoms with van der Waals surface area (Å²) in [4.78, 5) is 0. The van der Waals surface area contributed by atoms with Crippen molar-refractivity contribution >= 4 is 10.8 Å². The molecule has 2 aliphatic rings. The van der Waals surface area contributed by atoms with Crippen LogP contribution in [-0.2, 0) is 39.6 Å². The summed E-state index contributed by atoms with van der Waals surface area (Å²) in [6.45, 7) is 1.08. The van der Waals surface area contributed by atoms with Gasteiger partial charge in [-0.25, -0.2) is 0 Å². The van der Waals surface area contributed by atoms with Crippen LogP contribution in [0.3, 0.4) is 0 Å². The first-order valence-corrected chi connectivity index (χ1v) is 12.8. The van der Waals surface area contributed by atoms with Gasteiger partial charge in [0.15, 0.2) is 35.7 Å². The molecule has 3 heterocycles. The lowest BCUT2D eigenvalue weighted by molar-refractivity contribution is -0.686. The second-order valence-electron chi connectivity index (χ2n) is 9.57. The lowest BCUT2D eigenvalue weighted by Gasteiger charge is -2.29. The first-order chi connectivity index (χ1) is 19.0. The van der Waals surface area contributed by atoms with Crippen LogP contribution >= 0.6 is 0 Å². The zero-order chi connectivity index (χ0) is 27.1. The van der Waals surface area contributed by atoms with Crippen molar-refractivity contribution in [1.29, 1.82) is 0 Å². The molecular weight excluding hydrogens is 534 g/mol. The summed E-state index contributed by atoms with van der Waals surface area (Å²) in [5.41, 5.74) is 6.68. The normalized spacial score (nSPS) is 13.4. The molecule has 0 saturated carbocycles. The van der Waals surface area contributed by atoms with Gasteiger partial charge in [0.05, 0.1) is 25.2 Å². The highest BCUT2D eigenvalue weighted by molar-refractivity contribution is 5.95. The fourth-order valence-electron chi connectivity index (χ4n) is 5.82. The second kappa shape index (κ2) is 11.1. The molecular formula is C31H32ClNO7. The van der Waals surface area contributed by atoms with Crippen LogP contribution in [0.2, 0.25) is 0 Å². The highest BCUT2D eigenvalue weighted by Crippen LogP contribution is 2.44. The van der Waals surface area contributed by atoms with Crippen LogP contribution in [0.25, 0.3) is 22.0 Å². The lowest BCUT2D eigenvalue weighted by atomic mass is 9.88. The van der Waals surface area contributed by atoms with Crippen molar-refractivity contribution in [3.05, 3.63) is 77.0 Å². The van der Waals surface area contributed by atoms with E-state index in [2.05, 4.69) is 41.1 Å². The van der Waals surface area contributed by atoms with Crippen molar-refractivity contribution in [2.75, 3.05) is 42.3 Å². The van der Waals surface area contributed by atoms with Gasteiger partial charge in [0.25, 0.3) is 0 Å². The average Bonchev–Trinajstić information content (AvgIpc) is 3.44. The van der Waals surface area contributed by atoms with Crippen LogP contribution in [0.15, 0.2) is 54.7 Å². The van der Waals surface area contributed by atoms with E-state index in [-0.39, 0.29) is 19.2 Å². The predicted octanol–water partition coefficient (Wildman–Crippen LogP) is 1.74. The van der Waals surface area contributed by atoms with Gasteiger partial charge in [0, 0.05) is 50.7 Å². The second-order valence-corrected chi connectivity index (χ2v) is 9.57. The number of rotatable bonds is 8. The van der Waals surface area contributed by atoms with E-state index in [9.17, 15) is 0 Å². The minimum atomic E-state index is -1.25. The molecule has 0 spiro atoms. The largest absolute Gasteiger partial charge is 1.00 e. The number of hydrogen-bond acceptors (Lipinski definition) is 7. The third-order valence-corrected chi connectivity index (χ3v) is 7.74. The molecule has 0 saturated heterocycles. The van der Waals surface area contributed by atoms with Gasteiger partial charge in [-0.05, 0) is 35.4 Å². The molecule has 6 rings (SSSR count). The highest BCUT2D eigenvalue weighted by atomic mass is 35.5. The Bertz CT molecular complexity index is 1540. The molecule has 1 aromatic heterocycles. The van der Waals surface area contributed by atoms with Gasteiger partial charge in [-0.3, -0.25) is 0 Å². The van der Waals surface area contributed by atoms with Crippen molar-refractivity contribution in [3.63, 3.8) is 0 Å². The van der Waals surface area contributed by atoms with Gasteiger partial charge in [0.1, 0.15) is 0 Å². The zero-order valence-corrected chi connectivity index (χ0v) is 24.0. The van der Waals surface area contributed by atoms with Crippen LogP contribution in [-0.4, -0.2) is 42.3 Å².